The maximum Gasteiger partial charge on any atom is 0.140 e. The second kappa shape index (κ2) is 2.70. The normalized spacial score (nSPS) is 52.7. The van der Waals surface area contributed by atoms with Crippen LogP contribution >= 0.6 is 0 Å². The van der Waals surface area contributed by atoms with Crippen molar-refractivity contribution in [1.29, 1.82) is 0 Å². The third kappa shape index (κ3) is 0.940. The Bertz CT molecular complexity index is 188. The molecular formula is C7H11BO4. The van der Waals surface area contributed by atoms with E-state index in [1.54, 1.807) is 0 Å². The van der Waals surface area contributed by atoms with Gasteiger partial charge in [-0.15, -0.1) is 0 Å². The molecule has 4 atom stereocenters. The molecule has 0 amide bonds. The van der Waals surface area contributed by atoms with E-state index >= 15 is 0 Å². The van der Waals surface area contributed by atoms with Crippen LogP contribution in [0.3, 0.4) is 0 Å². The summed E-state index contributed by atoms with van der Waals surface area (Å²) < 4.78 is 10.5. The third-order valence-electron chi connectivity index (χ3n) is 2.66. The topological polar surface area (TPSA) is 58.9 Å². The van der Waals surface area contributed by atoms with Gasteiger partial charge in [-0.05, 0) is 0 Å². The van der Waals surface area contributed by atoms with E-state index in [1.807, 2.05) is 0 Å². The predicted molar refractivity (Wildman–Crippen MR) is 40.8 cm³/mol. The molecule has 2 aliphatic heterocycles. The van der Waals surface area contributed by atoms with E-state index < -0.39 is 17.7 Å². The molecule has 4 nitrogen and oxygen atoms in total. The van der Waals surface area contributed by atoms with Crippen LogP contribution in [-0.4, -0.2) is 55.6 Å². The molecule has 2 aliphatic rings. The zero-order valence-electron chi connectivity index (χ0n) is 6.64. The van der Waals surface area contributed by atoms with Gasteiger partial charge in [0.15, 0.2) is 0 Å². The lowest BCUT2D eigenvalue weighted by Gasteiger charge is -2.34. The third-order valence-corrected chi connectivity index (χ3v) is 2.66. The summed E-state index contributed by atoms with van der Waals surface area (Å²) in [5.41, 5.74) is -0.970. The monoisotopic (exact) mass is 170 g/mol. The van der Waals surface area contributed by atoms with Crippen LogP contribution in [0.4, 0.5) is 0 Å². The largest absolute Gasteiger partial charge is 0.393 e. The highest BCUT2D eigenvalue weighted by molar-refractivity contribution is 6.11. The summed E-state index contributed by atoms with van der Waals surface area (Å²) in [5, 5.41) is 18.7. The molecule has 2 rings (SSSR count). The Morgan fingerprint density at radius 2 is 2.33 bits per heavy atom. The van der Waals surface area contributed by atoms with Crippen molar-refractivity contribution in [2.75, 3.05) is 19.8 Å². The molecule has 2 heterocycles. The van der Waals surface area contributed by atoms with Crippen LogP contribution < -0.4 is 0 Å². The quantitative estimate of drug-likeness (QED) is 0.458. The fraction of sp³-hybridized carbons (Fsp3) is 1.00. The molecule has 2 N–H and O–H groups in total. The van der Waals surface area contributed by atoms with Crippen molar-refractivity contribution in [2.45, 2.75) is 17.7 Å². The van der Waals surface area contributed by atoms with Gasteiger partial charge < -0.3 is 19.7 Å². The van der Waals surface area contributed by atoms with Crippen LogP contribution in [0, 0.1) is 5.92 Å². The van der Waals surface area contributed by atoms with Gasteiger partial charge in [0.2, 0.25) is 0 Å². The summed E-state index contributed by atoms with van der Waals surface area (Å²) in [6, 6.07) is -0.519. The van der Waals surface area contributed by atoms with Crippen molar-refractivity contribution in [3.63, 3.8) is 0 Å². The summed E-state index contributed by atoms with van der Waals surface area (Å²) >= 11 is 0. The smallest absolute Gasteiger partial charge is 0.140 e. The van der Waals surface area contributed by atoms with E-state index in [0.29, 0.717) is 6.61 Å². The van der Waals surface area contributed by atoms with Crippen LogP contribution in [0.15, 0.2) is 0 Å². The maximum atomic E-state index is 9.68. The van der Waals surface area contributed by atoms with Crippen molar-refractivity contribution in [2.24, 2.45) is 5.92 Å². The maximum absolute atomic E-state index is 9.68. The Morgan fingerprint density at radius 3 is 2.92 bits per heavy atom. The fourth-order valence-corrected chi connectivity index (χ4v) is 1.85. The first-order valence-electron chi connectivity index (χ1n) is 4.00. The van der Waals surface area contributed by atoms with Gasteiger partial charge in [0.1, 0.15) is 13.4 Å². The van der Waals surface area contributed by atoms with E-state index in [-0.39, 0.29) is 19.1 Å². The molecular weight excluding hydrogens is 159 g/mol. The summed E-state index contributed by atoms with van der Waals surface area (Å²) in [6.45, 7) is 0.372. The molecule has 0 aromatic heterocycles. The Hall–Kier alpha value is -0.0951. The van der Waals surface area contributed by atoms with E-state index in [1.165, 1.54) is 0 Å². The lowest BCUT2D eigenvalue weighted by molar-refractivity contribution is -0.153. The zero-order chi connectivity index (χ0) is 8.77. The van der Waals surface area contributed by atoms with Crippen LogP contribution in [-0.2, 0) is 9.47 Å². The molecule has 0 spiro atoms. The highest BCUT2D eigenvalue weighted by atomic mass is 16.6. The average Bonchev–Trinajstić information content (AvgIpc) is 2.23. The minimum atomic E-state index is -0.970. The molecule has 0 aliphatic carbocycles. The second-order valence-corrected chi connectivity index (χ2v) is 3.43. The van der Waals surface area contributed by atoms with E-state index in [4.69, 9.17) is 22.4 Å². The molecule has 2 radical (unpaired) electrons. The van der Waals surface area contributed by atoms with E-state index in [2.05, 4.69) is 0 Å². The standard InChI is InChI=1S/C7H11BO4/c8-6-4-1-11-3-7(2-9,12-6)5(4)10/h4-6,9-10H,1-3H2/t4-,5+,6?,7-/m0/s1. The van der Waals surface area contributed by atoms with Crippen molar-refractivity contribution in [3.8, 4) is 0 Å². The van der Waals surface area contributed by atoms with Crippen molar-refractivity contribution < 1.29 is 19.7 Å². The molecule has 0 aromatic carbocycles. The number of fused-ring (bicyclic) bond motifs is 2. The van der Waals surface area contributed by atoms with Crippen LogP contribution in [0.5, 0.6) is 0 Å². The molecule has 12 heavy (non-hydrogen) atoms. The lowest BCUT2D eigenvalue weighted by Crippen LogP contribution is -2.52. The van der Waals surface area contributed by atoms with Crippen LogP contribution in [0.25, 0.3) is 0 Å². The van der Waals surface area contributed by atoms with Gasteiger partial charge in [-0.2, -0.15) is 0 Å². The van der Waals surface area contributed by atoms with Crippen LogP contribution in [0.2, 0.25) is 0 Å². The van der Waals surface area contributed by atoms with Gasteiger partial charge in [-0.3, -0.25) is 0 Å². The molecule has 5 heteroatoms. The predicted octanol–water partition coefficient (Wildman–Crippen LogP) is -1.75. The molecule has 1 unspecified atom stereocenters. The Balaban J connectivity index is 2.24. The number of aliphatic hydroxyl groups is 2. The highest BCUT2D eigenvalue weighted by Crippen LogP contribution is 2.38. The number of ether oxygens (including phenoxy) is 2. The van der Waals surface area contributed by atoms with Crippen LogP contribution in [0.1, 0.15) is 0 Å². The fourth-order valence-electron chi connectivity index (χ4n) is 1.85. The minimum Gasteiger partial charge on any atom is -0.393 e. The first-order valence-corrected chi connectivity index (χ1v) is 4.00. The van der Waals surface area contributed by atoms with Crippen molar-refractivity contribution >= 4 is 7.85 Å². The molecule has 2 saturated heterocycles. The Morgan fingerprint density at radius 1 is 1.58 bits per heavy atom. The van der Waals surface area contributed by atoms with Crippen molar-refractivity contribution in [1.82, 2.24) is 0 Å². The van der Waals surface area contributed by atoms with Crippen molar-refractivity contribution in [3.05, 3.63) is 0 Å². The SMILES string of the molecule is [B]C1O[C@@]2(CO)COC[C@H]1[C@H]2O. The second-order valence-electron chi connectivity index (χ2n) is 3.43. The van der Waals surface area contributed by atoms with Gasteiger partial charge in [0.25, 0.3) is 0 Å². The summed E-state index contributed by atoms with van der Waals surface area (Å²) in [4.78, 5) is 0. The van der Waals surface area contributed by atoms with E-state index in [9.17, 15) is 5.11 Å². The minimum absolute atomic E-state index is 0.203. The van der Waals surface area contributed by atoms with Gasteiger partial charge in [-0.25, -0.2) is 0 Å². The number of rotatable bonds is 1. The number of aliphatic hydroxyl groups excluding tert-OH is 2. The highest BCUT2D eigenvalue weighted by Gasteiger charge is 2.55. The first kappa shape index (κ1) is 8.50. The lowest BCUT2D eigenvalue weighted by atomic mass is 9.81. The average molecular weight is 170 g/mol. The summed E-state index contributed by atoms with van der Waals surface area (Å²) in [6.07, 6.45) is -0.703. The molecule has 66 valence electrons. The Labute approximate surface area is 71.9 Å². The van der Waals surface area contributed by atoms with Gasteiger partial charge >= 0.3 is 0 Å². The molecule has 2 fully saturated rings. The Kier molecular flexibility index (Phi) is 1.91. The first-order chi connectivity index (χ1) is 5.69. The summed E-state index contributed by atoms with van der Waals surface area (Å²) in [7, 11) is 5.60. The number of hydrogen-bond acceptors (Lipinski definition) is 4. The summed E-state index contributed by atoms with van der Waals surface area (Å²) in [5.74, 6) is -0.203. The number of hydrogen-bond donors (Lipinski definition) is 2. The molecule has 0 saturated carbocycles. The van der Waals surface area contributed by atoms with Gasteiger partial charge in [0, 0.05) is 11.9 Å². The molecule has 2 bridgehead atoms. The van der Waals surface area contributed by atoms with Gasteiger partial charge in [0.05, 0.1) is 25.9 Å². The molecule has 0 aromatic rings. The van der Waals surface area contributed by atoms with Gasteiger partial charge in [-0.1, -0.05) is 0 Å². The zero-order valence-corrected chi connectivity index (χ0v) is 6.64. The van der Waals surface area contributed by atoms with E-state index in [0.717, 1.165) is 0 Å².